The van der Waals surface area contributed by atoms with Crippen molar-refractivity contribution in [3.8, 4) is 0 Å². The number of anilines is 1. The van der Waals surface area contributed by atoms with Gasteiger partial charge in [0.2, 0.25) is 5.89 Å². The molecule has 0 bridgehead atoms. The predicted molar refractivity (Wildman–Crippen MR) is 83.2 cm³/mol. The van der Waals surface area contributed by atoms with Crippen molar-refractivity contribution in [2.24, 2.45) is 5.92 Å². The minimum absolute atomic E-state index is 0.500. The number of rotatable bonds is 4. The van der Waals surface area contributed by atoms with Crippen molar-refractivity contribution >= 4 is 5.69 Å². The molecule has 0 fully saturated rings. The Balaban J connectivity index is 1.79. The van der Waals surface area contributed by atoms with Crippen LogP contribution in [0.1, 0.15) is 44.5 Å². The first-order chi connectivity index (χ1) is 10.1. The molecule has 0 N–H and O–H groups in total. The largest absolute Gasteiger partial charge is 0.359 e. The molecular formula is C17H23N3O. The van der Waals surface area contributed by atoms with Gasteiger partial charge in [0.15, 0.2) is 5.82 Å². The van der Waals surface area contributed by atoms with Crippen LogP contribution in [-0.2, 0) is 19.4 Å². The Morgan fingerprint density at radius 1 is 1.33 bits per heavy atom. The smallest absolute Gasteiger partial charge is 0.246 e. The zero-order chi connectivity index (χ0) is 14.8. The number of aromatic nitrogens is 2. The van der Waals surface area contributed by atoms with Crippen molar-refractivity contribution in [2.75, 3.05) is 4.90 Å². The average molecular weight is 285 g/mol. The van der Waals surface area contributed by atoms with E-state index in [9.17, 15) is 0 Å². The Kier molecular flexibility index (Phi) is 3.95. The number of fused-ring (bicyclic) bond motifs is 1. The summed E-state index contributed by atoms with van der Waals surface area (Å²) in [7, 11) is 0. The van der Waals surface area contributed by atoms with Gasteiger partial charge in [-0.05, 0) is 37.3 Å². The molecule has 0 radical (unpaired) electrons. The number of benzene rings is 1. The van der Waals surface area contributed by atoms with Crippen LogP contribution in [0.15, 0.2) is 28.8 Å². The van der Waals surface area contributed by atoms with Crippen LogP contribution in [0.3, 0.4) is 0 Å². The lowest BCUT2D eigenvalue weighted by Gasteiger charge is -2.36. The number of hydrogen-bond donors (Lipinski definition) is 0. The molecule has 0 spiro atoms. The maximum Gasteiger partial charge on any atom is 0.246 e. The number of hydrogen-bond acceptors (Lipinski definition) is 4. The highest BCUT2D eigenvalue weighted by Crippen LogP contribution is 2.31. The van der Waals surface area contributed by atoms with Gasteiger partial charge >= 0.3 is 0 Å². The number of para-hydroxylation sites is 1. The molecule has 3 rings (SSSR count). The van der Waals surface area contributed by atoms with Crippen LogP contribution in [-0.4, -0.2) is 16.2 Å². The lowest BCUT2D eigenvalue weighted by molar-refractivity contribution is 0.362. The van der Waals surface area contributed by atoms with Gasteiger partial charge in [0.1, 0.15) is 0 Å². The third kappa shape index (κ3) is 3.09. The molecule has 1 atom stereocenters. The summed E-state index contributed by atoms with van der Waals surface area (Å²) in [6.45, 7) is 7.29. The van der Waals surface area contributed by atoms with E-state index in [1.165, 1.54) is 17.7 Å². The quantitative estimate of drug-likeness (QED) is 0.860. The topological polar surface area (TPSA) is 42.2 Å². The van der Waals surface area contributed by atoms with Gasteiger partial charge in [0.05, 0.1) is 6.54 Å². The van der Waals surface area contributed by atoms with E-state index >= 15 is 0 Å². The fourth-order valence-corrected chi connectivity index (χ4v) is 2.95. The molecule has 1 aromatic heterocycles. The summed E-state index contributed by atoms with van der Waals surface area (Å²) in [6, 6.07) is 9.12. The van der Waals surface area contributed by atoms with E-state index < -0.39 is 0 Å². The molecule has 4 nitrogen and oxygen atoms in total. The van der Waals surface area contributed by atoms with Crippen LogP contribution in [0, 0.1) is 5.92 Å². The van der Waals surface area contributed by atoms with Gasteiger partial charge in [-0.15, -0.1) is 0 Å². The maximum absolute atomic E-state index is 5.43. The molecule has 0 amide bonds. The standard InChI is InChI=1S/C17H23N3O/c1-12(2)10-16-18-17(21-19-16)11-20-13(3)8-9-14-6-4-5-7-15(14)20/h4-7,12-13H,8-11H2,1-3H3/t13-/m0/s1. The SMILES string of the molecule is CC(C)Cc1noc(CN2c3ccccc3CC[C@@H]2C)n1. The van der Waals surface area contributed by atoms with Gasteiger partial charge < -0.3 is 9.42 Å². The first kappa shape index (κ1) is 14.1. The Labute approximate surface area is 126 Å². The van der Waals surface area contributed by atoms with E-state index in [-0.39, 0.29) is 0 Å². The molecule has 0 aliphatic carbocycles. The van der Waals surface area contributed by atoms with Crippen molar-refractivity contribution in [2.45, 2.75) is 52.6 Å². The zero-order valence-corrected chi connectivity index (χ0v) is 13.0. The highest BCUT2D eigenvalue weighted by molar-refractivity contribution is 5.56. The van der Waals surface area contributed by atoms with Gasteiger partial charge in [-0.3, -0.25) is 0 Å². The normalized spacial score (nSPS) is 18.1. The fraction of sp³-hybridized carbons (Fsp3) is 0.529. The van der Waals surface area contributed by atoms with Crippen LogP contribution < -0.4 is 4.90 Å². The van der Waals surface area contributed by atoms with Crippen molar-refractivity contribution < 1.29 is 4.52 Å². The zero-order valence-electron chi connectivity index (χ0n) is 13.0. The summed E-state index contributed by atoms with van der Waals surface area (Å²) in [5, 5.41) is 4.09. The van der Waals surface area contributed by atoms with Crippen molar-refractivity contribution in [3.05, 3.63) is 41.5 Å². The maximum atomic E-state index is 5.43. The van der Waals surface area contributed by atoms with Crippen molar-refractivity contribution in [1.82, 2.24) is 10.1 Å². The molecule has 1 aliphatic rings. The molecule has 0 unspecified atom stereocenters. The molecular weight excluding hydrogens is 262 g/mol. The number of nitrogens with zero attached hydrogens (tertiary/aromatic N) is 3. The molecule has 0 saturated carbocycles. The van der Waals surface area contributed by atoms with Crippen LogP contribution in [0.25, 0.3) is 0 Å². The summed E-state index contributed by atoms with van der Waals surface area (Å²) >= 11 is 0. The highest BCUT2D eigenvalue weighted by atomic mass is 16.5. The number of aryl methyl sites for hydroxylation is 1. The molecule has 112 valence electrons. The lowest BCUT2D eigenvalue weighted by Crippen LogP contribution is -2.36. The minimum atomic E-state index is 0.500. The second kappa shape index (κ2) is 5.88. The molecule has 2 aromatic rings. The fourth-order valence-electron chi connectivity index (χ4n) is 2.95. The Morgan fingerprint density at radius 2 is 2.14 bits per heavy atom. The molecule has 21 heavy (non-hydrogen) atoms. The van der Waals surface area contributed by atoms with E-state index in [1.807, 2.05) is 0 Å². The summed E-state index contributed by atoms with van der Waals surface area (Å²) < 4.78 is 5.43. The van der Waals surface area contributed by atoms with E-state index in [4.69, 9.17) is 4.52 Å². The Hall–Kier alpha value is -1.84. The van der Waals surface area contributed by atoms with E-state index in [0.717, 1.165) is 18.7 Å². The van der Waals surface area contributed by atoms with Gasteiger partial charge in [-0.25, -0.2) is 0 Å². The van der Waals surface area contributed by atoms with Crippen LogP contribution in [0.5, 0.6) is 0 Å². The summed E-state index contributed by atoms with van der Waals surface area (Å²) in [5.41, 5.74) is 2.72. The van der Waals surface area contributed by atoms with Gasteiger partial charge in [-0.1, -0.05) is 37.2 Å². The summed E-state index contributed by atoms with van der Waals surface area (Å²) in [6.07, 6.45) is 3.19. The van der Waals surface area contributed by atoms with E-state index in [0.29, 0.717) is 24.4 Å². The molecule has 0 saturated heterocycles. The second-order valence-electron chi connectivity index (χ2n) is 6.35. The minimum Gasteiger partial charge on any atom is -0.359 e. The third-order valence-corrected chi connectivity index (χ3v) is 4.07. The highest BCUT2D eigenvalue weighted by Gasteiger charge is 2.24. The first-order valence-corrected chi connectivity index (χ1v) is 7.79. The first-order valence-electron chi connectivity index (χ1n) is 7.79. The predicted octanol–water partition coefficient (Wildman–Crippen LogP) is 3.61. The summed E-state index contributed by atoms with van der Waals surface area (Å²) in [4.78, 5) is 6.91. The van der Waals surface area contributed by atoms with Gasteiger partial charge in [0.25, 0.3) is 0 Å². The Morgan fingerprint density at radius 3 is 2.95 bits per heavy atom. The van der Waals surface area contributed by atoms with E-state index in [1.54, 1.807) is 0 Å². The molecule has 2 heterocycles. The van der Waals surface area contributed by atoms with Crippen LogP contribution in [0.2, 0.25) is 0 Å². The summed E-state index contributed by atoms with van der Waals surface area (Å²) in [5.74, 6) is 2.08. The molecule has 4 heteroatoms. The van der Waals surface area contributed by atoms with Gasteiger partial charge in [-0.2, -0.15) is 4.98 Å². The second-order valence-corrected chi connectivity index (χ2v) is 6.35. The van der Waals surface area contributed by atoms with E-state index in [2.05, 4.69) is 60.1 Å². The average Bonchev–Trinajstić information content (AvgIpc) is 2.88. The van der Waals surface area contributed by atoms with Gasteiger partial charge in [0, 0.05) is 18.2 Å². The monoisotopic (exact) mass is 285 g/mol. The third-order valence-electron chi connectivity index (χ3n) is 4.07. The Bertz CT molecular complexity index is 606. The lowest BCUT2D eigenvalue weighted by atomic mass is 9.97. The molecule has 1 aromatic carbocycles. The van der Waals surface area contributed by atoms with Crippen LogP contribution >= 0.6 is 0 Å². The molecule has 1 aliphatic heterocycles. The van der Waals surface area contributed by atoms with Crippen molar-refractivity contribution in [3.63, 3.8) is 0 Å². The van der Waals surface area contributed by atoms with Crippen molar-refractivity contribution in [1.29, 1.82) is 0 Å². The van der Waals surface area contributed by atoms with Crippen LogP contribution in [0.4, 0.5) is 5.69 Å².